The van der Waals surface area contributed by atoms with E-state index in [0.29, 0.717) is 11.3 Å². The highest BCUT2D eigenvalue weighted by Crippen LogP contribution is 2.27. The summed E-state index contributed by atoms with van der Waals surface area (Å²) in [4.78, 5) is 10.9. The van der Waals surface area contributed by atoms with Crippen LogP contribution in [-0.2, 0) is 0 Å². The predicted octanol–water partition coefficient (Wildman–Crippen LogP) is 4.58. The highest BCUT2D eigenvalue weighted by molar-refractivity contribution is 5.79. The van der Waals surface area contributed by atoms with Crippen LogP contribution in [-0.4, -0.2) is 6.29 Å². The first kappa shape index (κ1) is 13.1. The molecule has 1 atom stereocenters. The fraction of sp³-hybridized carbons (Fsp3) is 0.118. The molecular weight excluding hydrogens is 236 g/mol. The molecule has 0 fully saturated rings. The normalized spacial score (nSPS) is 11.6. The molecule has 0 aliphatic carbocycles. The first-order chi connectivity index (χ1) is 9.24. The Morgan fingerprint density at radius 1 is 1.16 bits per heavy atom. The van der Waals surface area contributed by atoms with Crippen LogP contribution in [0.1, 0.15) is 28.8 Å². The van der Waals surface area contributed by atoms with E-state index >= 15 is 0 Å². The fourth-order valence-corrected chi connectivity index (χ4v) is 1.80. The zero-order valence-corrected chi connectivity index (χ0v) is 10.9. The molecule has 0 N–H and O–H groups in total. The van der Waals surface area contributed by atoms with Gasteiger partial charge in [-0.15, -0.1) is 6.58 Å². The van der Waals surface area contributed by atoms with Crippen LogP contribution in [0.25, 0.3) is 0 Å². The van der Waals surface area contributed by atoms with Crippen molar-refractivity contribution in [1.82, 2.24) is 0 Å². The highest BCUT2D eigenvalue weighted by atomic mass is 16.5. The van der Waals surface area contributed by atoms with Crippen LogP contribution in [0.5, 0.6) is 11.5 Å². The first-order valence-electron chi connectivity index (χ1n) is 6.19. The van der Waals surface area contributed by atoms with Crippen LogP contribution < -0.4 is 4.74 Å². The number of carbonyl (C=O) groups excluding carboxylic acids is 1. The Morgan fingerprint density at radius 3 is 2.68 bits per heavy atom. The molecule has 0 aliphatic rings. The fourth-order valence-electron chi connectivity index (χ4n) is 1.80. The largest absolute Gasteiger partial charge is 0.457 e. The summed E-state index contributed by atoms with van der Waals surface area (Å²) < 4.78 is 5.77. The van der Waals surface area contributed by atoms with Gasteiger partial charge in [0.15, 0.2) is 6.29 Å². The number of hydrogen-bond acceptors (Lipinski definition) is 2. The van der Waals surface area contributed by atoms with E-state index in [-0.39, 0.29) is 5.92 Å². The number of ether oxygens (including phenoxy) is 1. The number of rotatable bonds is 5. The second-order valence-electron chi connectivity index (χ2n) is 4.35. The molecule has 0 saturated carbocycles. The average molecular weight is 252 g/mol. The Morgan fingerprint density at radius 2 is 1.95 bits per heavy atom. The molecule has 2 nitrogen and oxygen atoms in total. The van der Waals surface area contributed by atoms with Crippen molar-refractivity contribution in [3.8, 4) is 11.5 Å². The number of hydrogen-bond donors (Lipinski definition) is 0. The van der Waals surface area contributed by atoms with Crippen LogP contribution in [0.15, 0.2) is 61.2 Å². The van der Waals surface area contributed by atoms with Crippen molar-refractivity contribution in [2.24, 2.45) is 0 Å². The Labute approximate surface area is 113 Å². The Bertz CT molecular complexity index is 587. The molecule has 19 heavy (non-hydrogen) atoms. The molecule has 0 bridgehead atoms. The lowest BCUT2D eigenvalue weighted by molar-refractivity contribution is 0.112. The van der Waals surface area contributed by atoms with Gasteiger partial charge in [0.05, 0.1) is 5.56 Å². The maximum atomic E-state index is 10.9. The summed E-state index contributed by atoms with van der Waals surface area (Å²) in [7, 11) is 0. The van der Waals surface area contributed by atoms with E-state index in [0.717, 1.165) is 17.6 Å². The third-order valence-electron chi connectivity index (χ3n) is 3.01. The van der Waals surface area contributed by atoms with Crippen molar-refractivity contribution in [3.05, 3.63) is 72.3 Å². The van der Waals surface area contributed by atoms with E-state index in [9.17, 15) is 4.79 Å². The van der Waals surface area contributed by atoms with Crippen LogP contribution in [0.2, 0.25) is 0 Å². The van der Waals surface area contributed by atoms with Gasteiger partial charge in [0.25, 0.3) is 0 Å². The molecule has 96 valence electrons. The van der Waals surface area contributed by atoms with E-state index < -0.39 is 0 Å². The third-order valence-corrected chi connectivity index (χ3v) is 3.01. The summed E-state index contributed by atoms with van der Waals surface area (Å²) in [6, 6.07) is 15.0. The summed E-state index contributed by atoms with van der Waals surface area (Å²) >= 11 is 0. The van der Waals surface area contributed by atoms with Gasteiger partial charge in [0.1, 0.15) is 11.5 Å². The molecule has 0 saturated heterocycles. The van der Waals surface area contributed by atoms with E-state index in [1.165, 1.54) is 0 Å². The molecule has 0 spiro atoms. The molecule has 2 rings (SSSR count). The van der Waals surface area contributed by atoms with Gasteiger partial charge in [-0.25, -0.2) is 0 Å². The Balaban J connectivity index is 2.28. The molecule has 2 aromatic carbocycles. The number of para-hydroxylation sites is 1. The van der Waals surface area contributed by atoms with Crippen LogP contribution in [0.3, 0.4) is 0 Å². The number of benzene rings is 2. The number of allylic oxidation sites excluding steroid dienone is 1. The molecule has 0 aliphatic heterocycles. The summed E-state index contributed by atoms with van der Waals surface area (Å²) in [5.74, 6) is 1.56. The Hall–Kier alpha value is -2.35. The number of aldehydes is 1. The maximum Gasteiger partial charge on any atom is 0.153 e. The summed E-state index contributed by atoms with van der Waals surface area (Å²) in [6.45, 7) is 5.87. The highest BCUT2D eigenvalue weighted by Gasteiger charge is 2.06. The molecule has 0 radical (unpaired) electrons. The van der Waals surface area contributed by atoms with Crippen molar-refractivity contribution >= 4 is 6.29 Å². The van der Waals surface area contributed by atoms with Crippen molar-refractivity contribution in [3.63, 3.8) is 0 Å². The second kappa shape index (κ2) is 6.01. The first-order valence-corrected chi connectivity index (χ1v) is 6.19. The molecule has 2 aromatic rings. The molecule has 0 amide bonds. The van der Waals surface area contributed by atoms with Crippen molar-refractivity contribution in [1.29, 1.82) is 0 Å². The van der Waals surface area contributed by atoms with Crippen LogP contribution in [0.4, 0.5) is 0 Å². The van der Waals surface area contributed by atoms with Gasteiger partial charge < -0.3 is 4.74 Å². The quantitative estimate of drug-likeness (QED) is 0.575. The van der Waals surface area contributed by atoms with Gasteiger partial charge in [-0.3, -0.25) is 4.79 Å². The van der Waals surface area contributed by atoms with Crippen LogP contribution in [0, 0.1) is 0 Å². The van der Waals surface area contributed by atoms with Gasteiger partial charge in [0, 0.05) is 0 Å². The lowest BCUT2D eigenvalue weighted by atomic mass is 10.0. The second-order valence-corrected chi connectivity index (χ2v) is 4.35. The molecule has 2 heteroatoms. The molecule has 1 unspecified atom stereocenters. The van der Waals surface area contributed by atoms with Crippen molar-refractivity contribution in [2.45, 2.75) is 12.8 Å². The van der Waals surface area contributed by atoms with Crippen molar-refractivity contribution in [2.75, 3.05) is 0 Å². The zero-order valence-electron chi connectivity index (χ0n) is 10.9. The molecule has 0 heterocycles. The molecular formula is C17H16O2. The maximum absolute atomic E-state index is 10.9. The van der Waals surface area contributed by atoms with E-state index in [1.807, 2.05) is 42.5 Å². The average Bonchev–Trinajstić information content (AvgIpc) is 2.47. The standard InChI is InChI=1S/C17H16O2/c1-3-13(2)14-8-6-9-16(11-14)19-17-10-5-4-7-15(17)12-18/h3-13H,1H2,2H3. The van der Waals surface area contributed by atoms with Crippen LogP contribution >= 0.6 is 0 Å². The third kappa shape index (κ3) is 3.10. The summed E-state index contributed by atoms with van der Waals surface area (Å²) in [6.07, 6.45) is 2.68. The summed E-state index contributed by atoms with van der Waals surface area (Å²) in [5.41, 5.74) is 1.68. The van der Waals surface area contributed by atoms with E-state index in [1.54, 1.807) is 12.1 Å². The molecule has 0 aromatic heterocycles. The van der Waals surface area contributed by atoms with Gasteiger partial charge >= 0.3 is 0 Å². The van der Waals surface area contributed by atoms with E-state index in [4.69, 9.17) is 4.74 Å². The number of carbonyl (C=O) groups is 1. The SMILES string of the molecule is C=CC(C)c1cccc(Oc2ccccc2C=O)c1. The zero-order chi connectivity index (χ0) is 13.7. The van der Waals surface area contributed by atoms with Gasteiger partial charge in [-0.1, -0.05) is 37.3 Å². The minimum absolute atomic E-state index is 0.268. The van der Waals surface area contributed by atoms with Crippen molar-refractivity contribution < 1.29 is 9.53 Å². The van der Waals surface area contributed by atoms with Gasteiger partial charge in [-0.05, 0) is 35.7 Å². The summed E-state index contributed by atoms with van der Waals surface area (Å²) in [5, 5.41) is 0. The monoisotopic (exact) mass is 252 g/mol. The predicted molar refractivity (Wildman–Crippen MR) is 77.0 cm³/mol. The smallest absolute Gasteiger partial charge is 0.153 e. The van der Waals surface area contributed by atoms with E-state index in [2.05, 4.69) is 13.5 Å². The Kier molecular flexibility index (Phi) is 4.14. The minimum atomic E-state index is 0.268. The van der Waals surface area contributed by atoms with Gasteiger partial charge in [-0.2, -0.15) is 0 Å². The lowest BCUT2D eigenvalue weighted by Gasteiger charge is -2.11. The lowest BCUT2D eigenvalue weighted by Crippen LogP contribution is -1.92. The minimum Gasteiger partial charge on any atom is -0.457 e. The van der Waals surface area contributed by atoms with Gasteiger partial charge in [0.2, 0.25) is 0 Å². The topological polar surface area (TPSA) is 26.3 Å².